The molecule has 0 aromatic carbocycles. The molecule has 1 unspecified atom stereocenters. The Morgan fingerprint density at radius 3 is 2.72 bits per heavy atom. The number of nitrogens with two attached hydrogens (primary N) is 1. The van der Waals surface area contributed by atoms with Crippen LogP contribution in [0.25, 0.3) is 0 Å². The van der Waals surface area contributed by atoms with E-state index < -0.39 is 10.0 Å². The van der Waals surface area contributed by atoms with Gasteiger partial charge in [-0.15, -0.1) is 0 Å². The normalized spacial score (nSPS) is 20.4. The highest BCUT2D eigenvalue weighted by atomic mass is 35.5. The van der Waals surface area contributed by atoms with E-state index in [-0.39, 0.29) is 35.7 Å². The van der Waals surface area contributed by atoms with Crippen molar-refractivity contribution in [1.29, 1.82) is 0 Å². The summed E-state index contributed by atoms with van der Waals surface area (Å²) in [5, 5.41) is 5.19. The zero-order valence-corrected chi connectivity index (χ0v) is 10.9. The number of sulfonamides is 1. The molecule has 1 fully saturated rings. The van der Waals surface area contributed by atoms with Crippen LogP contribution in [0, 0.1) is 5.92 Å². The molecule has 1 aromatic rings. The fourth-order valence-corrected chi connectivity index (χ4v) is 2.87. The Morgan fingerprint density at radius 1 is 1.44 bits per heavy atom. The summed E-state index contributed by atoms with van der Waals surface area (Å²) in [7, 11) is -3.58. The van der Waals surface area contributed by atoms with Crippen LogP contribution in [0.1, 0.15) is 6.42 Å². The van der Waals surface area contributed by atoms with E-state index in [1.807, 2.05) is 0 Å². The van der Waals surface area contributed by atoms with Gasteiger partial charge < -0.3 is 0 Å². The van der Waals surface area contributed by atoms with Crippen molar-refractivity contribution < 1.29 is 13.2 Å². The maximum Gasteiger partial charge on any atom is 0.228 e. The van der Waals surface area contributed by atoms with Crippen molar-refractivity contribution in [1.82, 2.24) is 9.97 Å². The molecular formula is C9H11ClN4O3S. The van der Waals surface area contributed by atoms with Crippen molar-refractivity contribution >= 4 is 33.3 Å². The van der Waals surface area contributed by atoms with Crippen LogP contribution in [-0.2, 0) is 14.8 Å². The first kappa shape index (κ1) is 13.2. The lowest BCUT2D eigenvalue weighted by atomic mass is 10.1. The van der Waals surface area contributed by atoms with Crippen molar-refractivity contribution in [2.75, 3.05) is 17.2 Å². The van der Waals surface area contributed by atoms with E-state index in [1.54, 1.807) is 0 Å². The van der Waals surface area contributed by atoms with Gasteiger partial charge in [0.2, 0.25) is 15.9 Å². The Kier molecular flexibility index (Phi) is 3.51. The average Bonchev–Trinajstić information content (AvgIpc) is 2.58. The van der Waals surface area contributed by atoms with Gasteiger partial charge in [0.05, 0.1) is 18.1 Å². The standard InChI is InChI=1S/C9H11ClN4O3S/c10-7-2-13-8(3-12-7)14-4-6(1-9(14)15)5-18(11,16)17/h2-3,6H,1,4-5H2,(H2,11,16,17). The van der Waals surface area contributed by atoms with Gasteiger partial charge in [-0.3, -0.25) is 9.69 Å². The number of halogens is 1. The molecule has 1 atom stereocenters. The van der Waals surface area contributed by atoms with Crippen LogP contribution in [0.4, 0.5) is 5.82 Å². The van der Waals surface area contributed by atoms with Crippen molar-refractivity contribution in [3.8, 4) is 0 Å². The molecule has 0 bridgehead atoms. The molecule has 98 valence electrons. The van der Waals surface area contributed by atoms with Gasteiger partial charge in [0.25, 0.3) is 0 Å². The number of aromatic nitrogens is 2. The van der Waals surface area contributed by atoms with Crippen molar-refractivity contribution in [3.63, 3.8) is 0 Å². The third-order valence-electron chi connectivity index (χ3n) is 2.56. The lowest BCUT2D eigenvalue weighted by molar-refractivity contribution is -0.117. The number of amides is 1. The maximum atomic E-state index is 11.7. The number of nitrogens with zero attached hydrogens (tertiary/aromatic N) is 3. The zero-order chi connectivity index (χ0) is 13.3. The number of primary sulfonamides is 1. The van der Waals surface area contributed by atoms with Crippen LogP contribution in [0.2, 0.25) is 5.15 Å². The number of carbonyl (C=O) groups excluding carboxylic acids is 1. The predicted molar refractivity (Wildman–Crippen MR) is 65.5 cm³/mol. The van der Waals surface area contributed by atoms with Gasteiger partial charge in [0.1, 0.15) is 5.15 Å². The molecule has 1 aliphatic rings. The van der Waals surface area contributed by atoms with Crippen LogP contribution in [0.5, 0.6) is 0 Å². The Bertz CT molecular complexity index is 560. The third-order valence-corrected chi connectivity index (χ3v) is 3.69. The molecule has 7 nitrogen and oxygen atoms in total. The highest BCUT2D eigenvalue weighted by molar-refractivity contribution is 7.89. The smallest absolute Gasteiger partial charge is 0.228 e. The topological polar surface area (TPSA) is 106 Å². The second-order valence-electron chi connectivity index (χ2n) is 4.10. The Balaban J connectivity index is 2.12. The number of hydrogen-bond donors (Lipinski definition) is 1. The van der Waals surface area contributed by atoms with Crippen LogP contribution >= 0.6 is 11.6 Å². The summed E-state index contributed by atoms with van der Waals surface area (Å²) in [6.45, 7) is 0.269. The van der Waals surface area contributed by atoms with Gasteiger partial charge in [-0.2, -0.15) is 0 Å². The minimum absolute atomic E-state index is 0.140. The number of anilines is 1. The van der Waals surface area contributed by atoms with E-state index in [0.29, 0.717) is 5.82 Å². The minimum Gasteiger partial charge on any atom is -0.295 e. The second-order valence-corrected chi connectivity index (χ2v) is 6.15. The highest BCUT2D eigenvalue weighted by Gasteiger charge is 2.33. The van der Waals surface area contributed by atoms with E-state index in [9.17, 15) is 13.2 Å². The van der Waals surface area contributed by atoms with Crippen LogP contribution in [0.15, 0.2) is 12.4 Å². The minimum atomic E-state index is -3.58. The first-order valence-corrected chi connectivity index (χ1v) is 7.23. The predicted octanol–water partition coefficient (Wildman–Crippen LogP) is -0.229. The molecule has 0 aliphatic carbocycles. The summed E-state index contributed by atoms with van der Waals surface area (Å²) in [5.74, 6) is -0.359. The molecule has 9 heteroatoms. The first-order valence-electron chi connectivity index (χ1n) is 5.13. The van der Waals surface area contributed by atoms with Crippen LogP contribution < -0.4 is 10.0 Å². The molecule has 1 saturated heterocycles. The van der Waals surface area contributed by atoms with Crippen molar-refractivity contribution in [3.05, 3.63) is 17.5 Å². The van der Waals surface area contributed by atoms with E-state index in [4.69, 9.17) is 16.7 Å². The summed E-state index contributed by atoms with van der Waals surface area (Å²) < 4.78 is 22.0. The van der Waals surface area contributed by atoms with Gasteiger partial charge in [0, 0.05) is 18.9 Å². The summed E-state index contributed by atoms with van der Waals surface area (Å²) in [4.78, 5) is 20.9. The lowest BCUT2D eigenvalue weighted by Crippen LogP contribution is -2.28. The number of carbonyl (C=O) groups is 1. The summed E-state index contributed by atoms with van der Waals surface area (Å²) in [6, 6.07) is 0. The Labute approximate surface area is 109 Å². The third kappa shape index (κ3) is 3.15. The molecule has 2 heterocycles. The molecule has 0 radical (unpaired) electrons. The quantitative estimate of drug-likeness (QED) is 0.827. The SMILES string of the molecule is NS(=O)(=O)CC1CC(=O)N(c2cnc(Cl)cn2)C1. The van der Waals surface area contributed by atoms with E-state index in [0.717, 1.165) is 0 Å². The molecule has 18 heavy (non-hydrogen) atoms. The van der Waals surface area contributed by atoms with Gasteiger partial charge >= 0.3 is 0 Å². The Hall–Kier alpha value is -1.25. The zero-order valence-electron chi connectivity index (χ0n) is 9.28. The van der Waals surface area contributed by atoms with Gasteiger partial charge in [-0.25, -0.2) is 23.5 Å². The molecule has 0 spiro atoms. The molecule has 1 aromatic heterocycles. The molecule has 2 rings (SSSR count). The lowest BCUT2D eigenvalue weighted by Gasteiger charge is -2.14. The van der Waals surface area contributed by atoms with Gasteiger partial charge in [-0.05, 0) is 0 Å². The monoisotopic (exact) mass is 290 g/mol. The van der Waals surface area contributed by atoms with Crippen LogP contribution in [0.3, 0.4) is 0 Å². The van der Waals surface area contributed by atoms with Crippen molar-refractivity contribution in [2.45, 2.75) is 6.42 Å². The van der Waals surface area contributed by atoms with Gasteiger partial charge in [0.15, 0.2) is 5.82 Å². The Morgan fingerprint density at radius 2 is 2.17 bits per heavy atom. The first-order chi connectivity index (χ1) is 8.35. The molecule has 0 saturated carbocycles. The fraction of sp³-hybridized carbons (Fsp3) is 0.444. The molecule has 1 amide bonds. The fourth-order valence-electron chi connectivity index (χ4n) is 1.89. The van der Waals surface area contributed by atoms with E-state index in [1.165, 1.54) is 17.3 Å². The highest BCUT2D eigenvalue weighted by Crippen LogP contribution is 2.23. The molecule has 2 N–H and O–H groups in total. The number of rotatable bonds is 3. The largest absolute Gasteiger partial charge is 0.295 e. The summed E-state index contributed by atoms with van der Waals surface area (Å²) >= 11 is 5.60. The molecule has 1 aliphatic heterocycles. The van der Waals surface area contributed by atoms with Gasteiger partial charge in [-0.1, -0.05) is 11.6 Å². The average molecular weight is 291 g/mol. The summed E-state index contributed by atoms with van der Waals surface area (Å²) in [6.07, 6.45) is 2.84. The van der Waals surface area contributed by atoms with E-state index >= 15 is 0 Å². The maximum absolute atomic E-state index is 11.7. The summed E-state index contributed by atoms with van der Waals surface area (Å²) in [5.41, 5.74) is 0. The van der Waals surface area contributed by atoms with Crippen molar-refractivity contribution in [2.24, 2.45) is 11.1 Å². The molecular weight excluding hydrogens is 280 g/mol. The number of hydrogen-bond acceptors (Lipinski definition) is 5. The second kappa shape index (κ2) is 4.79. The van der Waals surface area contributed by atoms with Crippen LogP contribution in [-0.4, -0.2) is 36.6 Å². The van der Waals surface area contributed by atoms with E-state index in [2.05, 4.69) is 9.97 Å².